The minimum atomic E-state index is -0.289. The second-order valence-electron chi connectivity index (χ2n) is 6.06. The van der Waals surface area contributed by atoms with Gasteiger partial charge < -0.3 is 20.1 Å². The largest absolute Gasteiger partial charge is 0.497 e. The van der Waals surface area contributed by atoms with Gasteiger partial charge in [0.1, 0.15) is 11.5 Å². The van der Waals surface area contributed by atoms with Gasteiger partial charge in [0.2, 0.25) is 11.8 Å². The van der Waals surface area contributed by atoms with Gasteiger partial charge in [0.05, 0.1) is 32.6 Å². The van der Waals surface area contributed by atoms with Gasteiger partial charge in [-0.15, -0.1) is 0 Å². The SMILES string of the molecule is COc1ccc(OC)c([C@@H]2C[C@H]2C(=O)NCC(=O)Nc2cccnc2)c1. The molecule has 1 fully saturated rings. The summed E-state index contributed by atoms with van der Waals surface area (Å²) in [6.45, 7) is -0.0772. The molecule has 0 spiro atoms. The molecule has 7 nitrogen and oxygen atoms in total. The molecule has 1 aliphatic rings. The van der Waals surface area contributed by atoms with Crippen molar-refractivity contribution in [3.8, 4) is 11.5 Å². The molecule has 136 valence electrons. The topological polar surface area (TPSA) is 89.5 Å². The summed E-state index contributed by atoms with van der Waals surface area (Å²) >= 11 is 0. The summed E-state index contributed by atoms with van der Waals surface area (Å²) in [7, 11) is 3.20. The Morgan fingerprint density at radius 2 is 2.08 bits per heavy atom. The van der Waals surface area contributed by atoms with E-state index in [0.29, 0.717) is 5.69 Å². The van der Waals surface area contributed by atoms with E-state index in [1.807, 2.05) is 18.2 Å². The molecule has 0 saturated heterocycles. The minimum absolute atomic E-state index is 0.0708. The average Bonchev–Trinajstić information content (AvgIpc) is 3.47. The third kappa shape index (κ3) is 4.11. The highest BCUT2D eigenvalue weighted by molar-refractivity contribution is 5.95. The van der Waals surface area contributed by atoms with Crippen LogP contribution in [0.1, 0.15) is 17.9 Å². The number of hydrogen-bond donors (Lipinski definition) is 2. The molecule has 0 aliphatic heterocycles. The minimum Gasteiger partial charge on any atom is -0.497 e. The van der Waals surface area contributed by atoms with Crippen molar-refractivity contribution >= 4 is 17.5 Å². The van der Waals surface area contributed by atoms with Crippen LogP contribution in [-0.4, -0.2) is 37.6 Å². The van der Waals surface area contributed by atoms with Gasteiger partial charge >= 0.3 is 0 Å². The van der Waals surface area contributed by atoms with E-state index in [-0.39, 0.29) is 30.2 Å². The van der Waals surface area contributed by atoms with Crippen molar-refractivity contribution in [3.05, 3.63) is 48.3 Å². The molecule has 0 bridgehead atoms. The Hall–Kier alpha value is -3.09. The predicted molar refractivity (Wildman–Crippen MR) is 96.3 cm³/mol. The molecule has 2 N–H and O–H groups in total. The van der Waals surface area contributed by atoms with E-state index in [1.54, 1.807) is 38.7 Å². The first-order chi connectivity index (χ1) is 12.6. The Morgan fingerprint density at radius 3 is 2.77 bits per heavy atom. The van der Waals surface area contributed by atoms with Crippen LogP contribution in [0.4, 0.5) is 5.69 Å². The zero-order valence-corrected chi connectivity index (χ0v) is 14.7. The number of benzene rings is 1. The van der Waals surface area contributed by atoms with Crippen molar-refractivity contribution in [2.45, 2.75) is 12.3 Å². The Kier molecular flexibility index (Phi) is 5.36. The van der Waals surface area contributed by atoms with Crippen molar-refractivity contribution in [1.82, 2.24) is 10.3 Å². The van der Waals surface area contributed by atoms with Crippen LogP contribution in [0.3, 0.4) is 0 Å². The molecule has 0 radical (unpaired) electrons. The molecule has 1 saturated carbocycles. The second kappa shape index (κ2) is 7.86. The summed E-state index contributed by atoms with van der Waals surface area (Å²) in [6.07, 6.45) is 3.89. The molecule has 26 heavy (non-hydrogen) atoms. The summed E-state index contributed by atoms with van der Waals surface area (Å²) in [5.41, 5.74) is 1.55. The number of anilines is 1. The van der Waals surface area contributed by atoms with E-state index < -0.39 is 0 Å². The first-order valence-electron chi connectivity index (χ1n) is 8.32. The highest BCUT2D eigenvalue weighted by Crippen LogP contribution is 2.51. The Morgan fingerprint density at radius 1 is 1.23 bits per heavy atom. The zero-order chi connectivity index (χ0) is 18.5. The molecule has 3 rings (SSSR count). The van der Waals surface area contributed by atoms with E-state index in [1.165, 1.54) is 0 Å². The number of carbonyl (C=O) groups is 2. The van der Waals surface area contributed by atoms with Gasteiger partial charge in [-0.05, 0) is 36.8 Å². The van der Waals surface area contributed by atoms with Crippen molar-refractivity contribution in [1.29, 1.82) is 0 Å². The van der Waals surface area contributed by atoms with Crippen molar-refractivity contribution in [2.75, 3.05) is 26.1 Å². The fraction of sp³-hybridized carbons (Fsp3) is 0.316. The highest BCUT2D eigenvalue weighted by atomic mass is 16.5. The molecular weight excluding hydrogens is 334 g/mol. The number of aromatic nitrogens is 1. The van der Waals surface area contributed by atoms with Gasteiger partial charge in [0, 0.05) is 23.6 Å². The molecule has 0 unspecified atom stereocenters. The van der Waals surface area contributed by atoms with Gasteiger partial charge in [0.15, 0.2) is 0 Å². The van der Waals surface area contributed by atoms with E-state index >= 15 is 0 Å². The maximum Gasteiger partial charge on any atom is 0.243 e. The average molecular weight is 355 g/mol. The quantitative estimate of drug-likeness (QED) is 0.792. The number of ether oxygens (including phenoxy) is 2. The number of rotatable bonds is 7. The monoisotopic (exact) mass is 355 g/mol. The Balaban J connectivity index is 1.54. The number of hydrogen-bond acceptors (Lipinski definition) is 5. The fourth-order valence-corrected chi connectivity index (χ4v) is 2.90. The molecule has 2 atom stereocenters. The zero-order valence-electron chi connectivity index (χ0n) is 14.7. The van der Waals surface area contributed by atoms with Gasteiger partial charge in [-0.25, -0.2) is 0 Å². The fourth-order valence-electron chi connectivity index (χ4n) is 2.90. The van der Waals surface area contributed by atoms with Crippen LogP contribution in [0.25, 0.3) is 0 Å². The summed E-state index contributed by atoms with van der Waals surface area (Å²) in [5.74, 6) is 0.940. The van der Waals surface area contributed by atoms with Gasteiger partial charge in [-0.3, -0.25) is 14.6 Å². The van der Waals surface area contributed by atoms with Crippen LogP contribution in [0, 0.1) is 5.92 Å². The lowest BCUT2D eigenvalue weighted by Crippen LogP contribution is -2.34. The lowest BCUT2D eigenvalue weighted by molar-refractivity contribution is -0.125. The highest BCUT2D eigenvalue weighted by Gasteiger charge is 2.45. The standard InChI is InChI=1S/C19H21N3O4/c1-25-13-5-6-17(26-2)15(8-13)14-9-16(14)19(24)21-11-18(23)22-12-4-3-7-20-10-12/h3-8,10,14,16H,9,11H2,1-2H3,(H,21,24)(H,22,23)/t14-,16+/m0/s1. The Labute approximate surface area is 151 Å². The van der Waals surface area contributed by atoms with Crippen molar-refractivity contribution < 1.29 is 19.1 Å². The molecule has 2 aromatic rings. The smallest absolute Gasteiger partial charge is 0.243 e. The Bertz CT molecular complexity index is 795. The van der Waals surface area contributed by atoms with Gasteiger partial charge in [0.25, 0.3) is 0 Å². The van der Waals surface area contributed by atoms with Crippen LogP contribution in [0.5, 0.6) is 11.5 Å². The van der Waals surface area contributed by atoms with Crippen molar-refractivity contribution in [3.63, 3.8) is 0 Å². The number of nitrogens with one attached hydrogen (secondary N) is 2. The van der Waals surface area contributed by atoms with Crippen LogP contribution in [0.2, 0.25) is 0 Å². The van der Waals surface area contributed by atoms with Gasteiger partial charge in [-0.1, -0.05) is 0 Å². The molecular formula is C19H21N3O4. The van der Waals surface area contributed by atoms with E-state index in [4.69, 9.17) is 9.47 Å². The molecule has 1 heterocycles. The van der Waals surface area contributed by atoms with Crippen LogP contribution in [0.15, 0.2) is 42.7 Å². The lowest BCUT2D eigenvalue weighted by atomic mass is 10.1. The third-order valence-corrected chi connectivity index (χ3v) is 4.33. The maximum absolute atomic E-state index is 12.3. The molecule has 7 heteroatoms. The molecule has 1 aromatic heterocycles. The van der Waals surface area contributed by atoms with Crippen LogP contribution < -0.4 is 20.1 Å². The maximum atomic E-state index is 12.3. The van der Waals surface area contributed by atoms with Crippen LogP contribution in [-0.2, 0) is 9.59 Å². The predicted octanol–water partition coefficient (Wildman–Crippen LogP) is 1.96. The third-order valence-electron chi connectivity index (χ3n) is 4.33. The molecule has 1 aliphatic carbocycles. The second-order valence-corrected chi connectivity index (χ2v) is 6.06. The lowest BCUT2D eigenvalue weighted by Gasteiger charge is -2.10. The number of amides is 2. The van der Waals surface area contributed by atoms with Crippen molar-refractivity contribution in [2.24, 2.45) is 5.92 Å². The first-order valence-corrected chi connectivity index (χ1v) is 8.32. The van der Waals surface area contributed by atoms with E-state index in [2.05, 4.69) is 15.6 Å². The summed E-state index contributed by atoms with van der Waals surface area (Å²) in [4.78, 5) is 28.2. The number of carbonyl (C=O) groups excluding carboxylic acids is 2. The number of nitrogens with zero attached hydrogens (tertiary/aromatic N) is 1. The molecule has 2 amide bonds. The van der Waals surface area contributed by atoms with E-state index in [9.17, 15) is 9.59 Å². The first kappa shape index (κ1) is 17.7. The molecule has 1 aromatic carbocycles. The number of methoxy groups -OCH3 is 2. The van der Waals surface area contributed by atoms with E-state index in [0.717, 1.165) is 23.5 Å². The summed E-state index contributed by atoms with van der Waals surface area (Å²) in [6, 6.07) is 9.01. The summed E-state index contributed by atoms with van der Waals surface area (Å²) in [5, 5.41) is 5.37. The van der Waals surface area contributed by atoms with Gasteiger partial charge in [-0.2, -0.15) is 0 Å². The number of pyridine rings is 1. The summed E-state index contributed by atoms with van der Waals surface area (Å²) < 4.78 is 10.6. The van der Waals surface area contributed by atoms with Crippen LogP contribution >= 0.6 is 0 Å². The normalized spacial score (nSPS) is 17.9.